The molecule has 0 aliphatic rings. The predicted molar refractivity (Wildman–Crippen MR) is 30.4 cm³/mol. The van der Waals surface area contributed by atoms with E-state index in [1.165, 1.54) is 7.05 Å². The molecule has 0 bridgehead atoms. The minimum Gasteiger partial charge on any atom is -0.368 e. The minimum atomic E-state index is -1.46. The molecule has 0 fully saturated rings. The first kappa shape index (κ1) is 8.80. The number of nitrogens with two attached hydrogens (primary N) is 1. The summed E-state index contributed by atoms with van der Waals surface area (Å²) in [6.45, 7) is 0. The van der Waals surface area contributed by atoms with Crippen LogP contribution in [0.1, 0.15) is 6.42 Å². The molecule has 0 aromatic heterocycles. The quantitative estimate of drug-likeness (QED) is 0.274. The molecule has 0 aliphatic heterocycles. The average molecular weight is 136 g/mol. The SMILES string of the molecule is CN(O)C(N)CC(O)O. The van der Waals surface area contributed by atoms with E-state index in [1.54, 1.807) is 0 Å². The lowest BCUT2D eigenvalue weighted by atomic mass is 10.3. The maximum atomic E-state index is 8.56. The summed E-state index contributed by atoms with van der Waals surface area (Å²) < 4.78 is 0. The van der Waals surface area contributed by atoms with Crippen molar-refractivity contribution in [2.75, 3.05) is 7.05 Å². The lowest BCUT2D eigenvalue weighted by Crippen LogP contribution is -2.39. The Balaban J connectivity index is 3.38. The summed E-state index contributed by atoms with van der Waals surface area (Å²) >= 11 is 0. The maximum absolute atomic E-state index is 8.56. The van der Waals surface area contributed by atoms with Crippen molar-refractivity contribution in [2.45, 2.75) is 18.9 Å². The summed E-state index contributed by atoms with van der Waals surface area (Å²) in [5, 5.41) is 25.9. The Hall–Kier alpha value is -0.200. The van der Waals surface area contributed by atoms with Crippen LogP contribution in [0.15, 0.2) is 0 Å². The zero-order valence-corrected chi connectivity index (χ0v) is 5.23. The van der Waals surface area contributed by atoms with Crippen molar-refractivity contribution in [3.05, 3.63) is 0 Å². The monoisotopic (exact) mass is 136 g/mol. The first-order valence-corrected chi connectivity index (χ1v) is 2.57. The Morgan fingerprint density at radius 1 is 1.56 bits per heavy atom. The van der Waals surface area contributed by atoms with Gasteiger partial charge in [0, 0.05) is 13.5 Å². The topological polar surface area (TPSA) is 90.0 Å². The summed E-state index contributed by atoms with van der Waals surface area (Å²) in [6, 6.07) is 0. The van der Waals surface area contributed by atoms with Gasteiger partial charge in [-0.05, 0) is 0 Å². The highest BCUT2D eigenvalue weighted by Gasteiger charge is 2.09. The molecule has 0 aliphatic carbocycles. The fourth-order valence-electron chi connectivity index (χ4n) is 0.369. The number of hydrogen-bond donors (Lipinski definition) is 4. The van der Waals surface area contributed by atoms with E-state index < -0.39 is 12.5 Å². The first-order chi connectivity index (χ1) is 4.04. The maximum Gasteiger partial charge on any atom is 0.154 e. The van der Waals surface area contributed by atoms with Crippen molar-refractivity contribution >= 4 is 0 Å². The Labute approximate surface area is 53.3 Å². The van der Waals surface area contributed by atoms with Gasteiger partial charge in [0.15, 0.2) is 6.29 Å². The number of aliphatic hydroxyl groups is 2. The molecule has 0 heterocycles. The van der Waals surface area contributed by atoms with Crippen LogP contribution in [0.25, 0.3) is 0 Å². The first-order valence-electron chi connectivity index (χ1n) is 2.57. The van der Waals surface area contributed by atoms with Gasteiger partial charge in [0.2, 0.25) is 0 Å². The van der Waals surface area contributed by atoms with E-state index in [9.17, 15) is 0 Å². The molecule has 0 saturated heterocycles. The molecule has 1 atom stereocenters. The van der Waals surface area contributed by atoms with Crippen LogP contribution in [0.2, 0.25) is 0 Å². The number of aliphatic hydroxyl groups excluding tert-OH is 1. The van der Waals surface area contributed by atoms with Crippen LogP contribution in [0.4, 0.5) is 0 Å². The third-order valence-electron chi connectivity index (χ3n) is 0.932. The summed E-state index contributed by atoms with van der Waals surface area (Å²) in [7, 11) is 1.34. The fourth-order valence-corrected chi connectivity index (χ4v) is 0.369. The Bertz CT molecular complexity index is 76.2. The van der Waals surface area contributed by atoms with Gasteiger partial charge < -0.3 is 21.2 Å². The fraction of sp³-hybridized carbons (Fsp3) is 1.00. The zero-order valence-electron chi connectivity index (χ0n) is 5.23. The van der Waals surface area contributed by atoms with Gasteiger partial charge in [-0.15, -0.1) is 0 Å². The number of nitrogens with zero attached hydrogens (tertiary/aromatic N) is 1. The van der Waals surface area contributed by atoms with Crippen molar-refractivity contribution in [2.24, 2.45) is 5.73 Å². The molecule has 5 N–H and O–H groups in total. The van der Waals surface area contributed by atoms with Crippen LogP contribution >= 0.6 is 0 Å². The van der Waals surface area contributed by atoms with E-state index in [4.69, 9.17) is 21.2 Å². The molecule has 0 rings (SSSR count). The molecule has 0 aromatic carbocycles. The molecule has 9 heavy (non-hydrogen) atoms. The number of rotatable bonds is 3. The van der Waals surface area contributed by atoms with Gasteiger partial charge >= 0.3 is 0 Å². The van der Waals surface area contributed by atoms with Gasteiger partial charge in [-0.3, -0.25) is 0 Å². The molecule has 0 saturated carbocycles. The van der Waals surface area contributed by atoms with Crippen LogP contribution in [0, 0.1) is 0 Å². The zero-order chi connectivity index (χ0) is 7.44. The second-order valence-corrected chi connectivity index (χ2v) is 1.86. The van der Waals surface area contributed by atoms with E-state index in [0.29, 0.717) is 0 Å². The van der Waals surface area contributed by atoms with E-state index in [2.05, 4.69) is 0 Å². The van der Waals surface area contributed by atoms with Crippen molar-refractivity contribution in [3.8, 4) is 0 Å². The van der Waals surface area contributed by atoms with Crippen LogP contribution in [-0.2, 0) is 0 Å². The van der Waals surface area contributed by atoms with Gasteiger partial charge in [0.1, 0.15) is 0 Å². The highest BCUT2D eigenvalue weighted by atomic mass is 16.5. The Morgan fingerprint density at radius 3 is 2.11 bits per heavy atom. The second-order valence-electron chi connectivity index (χ2n) is 1.86. The Morgan fingerprint density at radius 2 is 2.00 bits per heavy atom. The summed E-state index contributed by atoms with van der Waals surface area (Å²) in [5.74, 6) is 0. The molecule has 5 nitrogen and oxygen atoms in total. The van der Waals surface area contributed by atoms with Crippen LogP contribution in [-0.4, -0.2) is 40.0 Å². The van der Waals surface area contributed by atoms with Gasteiger partial charge in [-0.2, -0.15) is 5.06 Å². The number of hydroxylamine groups is 2. The molecule has 0 aromatic rings. The van der Waals surface area contributed by atoms with Gasteiger partial charge in [-0.25, -0.2) is 0 Å². The van der Waals surface area contributed by atoms with E-state index in [0.717, 1.165) is 5.06 Å². The molecule has 0 spiro atoms. The second kappa shape index (κ2) is 3.76. The van der Waals surface area contributed by atoms with E-state index >= 15 is 0 Å². The standard InChI is InChI=1S/C4H12N2O3/c1-6(9)3(5)2-4(7)8/h3-4,7-9H,2,5H2,1H3. The lowest BCUT2D eigenvalue weighted by molar-refractivity contribution is -0.134. The predicted octanol–water partition coefficient (Wildman–Crippen LogP) is -1.71. The van der Waals surface area contributed by atoms with Crippen molar-refractivity contribution < 1.29 is 15.4 Å². The average Bonchev–Trinajstić information content (AvgIpc) is 1.63. The summed E-state index contributed by atoms with van der Waals surface area (Å²) in [6.07, 6.45) is -2.24. The molecule has 5 heteroatoms. The third kappa shape index (κ3) is 4.31. The van der Waals surface area contributed by atoms with Crippen molar-refractivity contribution in [1.82, 2.24) is 5.06 Å². The third-order valence-corrected chi connectivity index (χ3v) is 0.932. The van der Waals surface area contributed by atoms with Crippen LogP contribution in [0.3, 0.4) is 0 Å². The smallest absolute Gasteiger partial charge is 0.154 e. The highest BCUT2D eigenvalue weighted by Crippen LogP contribution is 1.93. The normalized spacial score (nSPS) is 15.0. The molecule has 56 valence electrons. The summed E-state index contributed by atoms with van der Waals surface area (Å²) in [5.41, 5.74) is 5.17. The molecule has 0 amide bonds. The van der Waals surface area contributed by atoms with Crippen LogP contribution in [0.5, 0.6) is 0 Å². The molecule has 1 unspecified atom stereocenters. The summed E-state index contributed by atoms with van der Waals surface area (Å²) in [4.78, 5) is 0. The molecular formula is C4H12N2O3. The Kier molecular flexibility index (Phi) is 3.67. The van der Waals surface area contributed by atoms with Crippen molar-refractivity contribution in [1.29, 1.82) is 0 Å². The molecular weight excluding hydrogens is 124 g/mol. The van der Waals surface area contributed by atoms with Crippen molar-refractivity contribution in [3.63, 3.8) is 0 Å². The molecule has 0 radical (unpaired) electrons. The van der Waals surface area contributed by atoms with Gasteiger partial charge in [0.05, 0.1) is 6.17 Å². The van der Waals surface area contributed by atoms with Gasteiger partial charge in [0.25, 0.3) is 0 Å². The lowest BCUT2D eigenvalue weighted by Gasteiger charge is -2.17. The number of hydrogen-bond acceptors (Lipinski definition) is 5. The highest BCUT2D eigenvalue weighted by molar-refractivity contribution is 4.53. The van der Waals surface area contributed by atoms with Crippen LogP contribution < -0.4 is 5.73 Å². The minimum absolute atomic E-state index is 0.0625. The van der Waals surface area contributed by atoms with E-state index in [-0.39, 0.29) is 6.42 Å². The largest absolute Gasteiger partial charge is 0.368 e. The van der Waals surface area contributed by atoms with Gasteiger partial charge in [-0.1, -0.05) is 0 Å². The van der Waals surface area contributed by atoms with E-state index in [1.807, 2.05) is 0 Å².